The smallest absolute Gasteiger partial charge is 0.0435 e. The summed E-state index contributed by atoms with van der Waals surface area (Å²) in [6.45, 7) is 10.1. The molecule has 78 valence electrons. The van der Waals surface area contributed by atoms with E-state index in [1.165, 1.54) is 16.8 Å². The molecule has 0 spiro atoms. The Morgan fingerprint density at radius 2 is 1.80 bits per heavy atom. The van der Waals surface area contributed by atoms with Crippen LogP contribution in [0.3, 0.4) is 0 Å². The Morgan fingerprint density at radius 3 is 2.27 bits per heavy atom. The molecular formula is C13H16N2. The van der Waals surface area contributed by atoms with Crippen LogP contribution in [-0.4, -0.2) is 9.97 Å². The highest BCUT2D eigenvalue weighted by molar-refractivity contribution is 5.50. The fourth-order valence-electron chi connectivity index (χ4n) is 1.84. The Bertz CT molecular complexity index is 585. The molecule has 2 heteroatoms. The van der Waals surface area contributed by atoms with Gasteiger partial charge in [0.25, 0.3) is 0 Å². The summed E-state index contributed by atoms with van der Waals surface area (Å²) in [7, 11) is 0. The average molecular weight is 200 g/mol. The lowest BCUT2D eigenvalue weighted by Gasteiger charge is -1.90. The van der Waals surface area contributed by atoms with Crippen molar-refractivity contribution in [2.75, 3.05) is 0 Å². The molecule has 0 saturated carbocycles. The molecule has 15 heavy (non-hydrogen) atoms. The number of aromatic amines is 2. The summed E-state index contributed by atoms with van der Waals surface area (Å²) in [4.78, 5) is 6.58. The van der Waals surface area contributed by atoms with Gasteiger partial charge in [-0.3, -0.25) is 0 Å². The largest absolute Gasteiger partial charge is 0.359 e. The van der Waals surface area contributed by atoms with Gasteiger partial charge in [-0.1, -0.05) is 6.58 Å². The van der Waals surface area contributed by atoms with Gasteiger partial charge in [0.05, 0.1) is 0 Å². The van der Waals surface area contributed by atoms with Crippen LogP contribution in [-0.2, 0) is 0 Å². The van der Waals surface area contributed by atoms with E-state index in [1.54, 1.807) is 0 Å². The molecule has 0 radical (unpaired) electrons. The van der Waals surface area contributed by atoms with E-state index in [9.17, 15) is 0 Å². The molecule has 0 atom stereocenters. The summed E-state index contributed by atoms with van der Waals surface area (Å²) < 4.78 is 0. The predicted octanol–water partition coefficient (Wildman–Crippen LogP) is 1.51. The quantitative estimate of drug-likeness (QED) is 0.699. The van der Waals surface area contributed by atoms with Crippen molar-refractivity contribution >= 4 is 12.7 Å². The molecule has 0 fully saturated rings. The number of hydrogen-bond acceptors (Lipinski definition) is 0. The van der Waals surface area contributed by atoms with Crippen LogP contribution in [0.5, 0.6) is 0 Å². The van der Waals surface area contributed by atoms with Crippen molar-refractivity contribution in [1.29, 1.82) is 0 Å². The molecule has 0 aliphatic carbocycles. The van der Waals surface area contributed by atoms with Crippen LogP contribution in [0.4, 0.5) is 0 Å². The van der Waals surface area contributed by atoms with Gasteiger partial charge in [-0.2, -0.15) is 0 Å². The number of rotatable bonds is 1. The standard InChI is InChI=1S/C13H16N2/c1-8-5-10(3)14-12(8)7-13-9(2)6-11(4)15-13/h5-7,14-15H,3H2,1-2,4H3/b12-7-. The van der Waals surface area contributed by atoms with Crippen molar-refractivity contribution in [2.45, 2.75) is 20.8 Å². The molecule has 0 saturated heterocycles. The number of H-pyrrole nitrogens is 2. The Labute approximate surface area is 89.4 Å². The summed E-state index contributed by atoms with van der Waals surface area (Å²) >= 11 is 0. The average Bonchev–Trinajstić information content (AvgIpc) is 2.58. The topological polar surface area (TPSA) is 31.6 Å². The van der Waals surface area contributed by atoms with Crippen molar-refractivity contribution < 1.29 is 0 Å². The highest BCUT2D eigenvalue weighted by Gasteiger charge is 1.99. The van der Waals surface area contributed by atoms with E-state index < -0.39 is 0 Å². The van der Waals surface area contributed by atoms with E-state index in [1.807, 2.05) is 0 Å². The Hall–Kier alpha value is -1.70. The lowest BCUT2D eigenvalue weighted by molar-refractivity contribution is 1.21. The summed E-state index contributed by atoms with van der Waals surface area (Å²) in [6, 6.07) is 4.20. The van der Waals surface area contributed by atoms with Crippen molar-refractivity contribution in [1.82, 2.24) is 9.97 Å². The van der Waals surface area contributed by atoms with Crippen molar-refractivity contribution in [3.8, 4) is 0 Å². The monoisotopic (exact) mass is 200 g/mol. The van der Waals surface area contributed by atoms with Gasteiger partial charge < -0.3 is 9.97 Å². The molecule has 0 aromatic carbocycles. The van der Waals surface area contributed by atoms with Crippen molar-refractivity contribution in [3.63, 3.8) is 0 Å². The minimum Gasteiger partial charge on any atom is -0.359 e. The zero-order valence-corrected chi connectivity index (χ0v) is 9.44. The molecule has 2 aromatic rings. The molecule has 2 heterocycles. The van der Waals surface area contributed by atoms with Gasteiger partial charge in [-0.25, -0.2) is 0 Å². The second-order valence-electron chi connectivity index (χ2n) is 4.08. The van der Waals surface area contributed by atoms with Crippen LogP contribution in [0.15, 0.2) is 12.1 Å². The zero-order chi connectivity index (χ0) is 11.0. The molecule has 0 amide bonds. The first-order valence-electron chi connectivity index (χ1n) is 5.09. The van der Waals surface area contributed by atoms with Crippen LogP contribution in [0.1, 0.15) is 22.5 Å². The van der Waals surface area contributed by atoms with Crippen LogP contribution < -0.4 is 10.7 Å². The third kappa shape index (κ3) is 1.89. The van der Waals surface area contributed by atoms with Gasteiger partial charge in [-0.05, 0) is 50.1 Å². The summed E-state index contributed by atoms with van der Waals surface area (Å²) in [5, 5.41) is 2.09. The first-order valence-corrected chi connectivity index (χ1v) is 5.09. The van der Waals surface area contributed by atoms with Crippen LogP contribution in [0.25, 0.3) is 12.7 Å². The second-order valence-corrected chi connectivity index (χ2v) is 4.08. The van der Waals surface area contributed by atoms with Crippen molar-refractivity contribution in [3.05, 3.63) is 45.3 Å². The summed E-state index contributed by atoms with van der Waals surface area (Å²) in [5.41, 5.74) is 4.86. The summed E-state index contributed by atoms with van der Waals surface area (Å²) in [6.07, 6.45) is 2.13. The van der Waals surface area contributed by atoms with Crippen LogP contribution in [0.2, 0.25) is 0 Å². The van der Waals surface area contributed by atoms with Gasteiger partial charge in [0.15, 0.2) is 0 Å². The molecule has 2 N–H and O–H groups in total. The molecule has 2 aromatic heterocycles. The molecule has 2 rings (SSSR count). The van der Waals surface area contributed by atoms with E-state index in [0.29, 0.717) is 0 Å². The Balaban J connectivity index is 2.60. The Morgan fingerprint density at radius 1 is 1.07 bits per heavy atom. The highest BCUT2D eigenvalue weighted by Crippen LogP contribution is 2.08. The number of aryl methyl sites for hydroxylation is 3. The number of aromatic nitrogens is 2. The van der Waals surface area contributed by atoms with Crippen LogP contribution in [0, 0.1) is 20.8 Å². The maximum Gasteiger partial charge on any atom is 0.0435 e. The molecule has 0 aliphatic heterocycles. The van der Waals surface area contributed by atoms with Crippen LogP contribution >= 0.6 is 0 Å². The van der Waals surface area contributed by atoms with E-state index in [-0.39, 0.29) is 0 Å². The van der Waals surface area contributed by atoms with Gasteiger partial charge in [0, 0.05) is 22.1 Å². The zero-order valence-electron chi connectivity index (χ0n) is 9.44. The van der Waals surface area contributed by atoms with E-state index in [4.69, 9.17) is 0 Å². The molecule has 0 aliphatic rings. The second kappa shape index (κ2) is 3.46. The first-order chi connectivity index (χ1) is 7.06. The lowest BCUT2D eigenvalue weighted by Crippen LogP contribution is -2.09. The molecule has 0 bridgehead atoms. The van der Waals surface area contributed by atoms with E-state index >= 15 is 0 Å². The SMILES string of the molecule is C=c1cc(C)/c(=C/c2[nH]c(C)cc2C)[nH]1. The fourth-order valence-corrected chi connectivity index (χ4v) is 1.84. The maximum atomic E-state index is 3.89. The van der Waals surface area contributed by atoms with Gasteiger partial charge in [0.1, 0.15) is 0 Å². The number of hydrogen-bond donors (Lipinski definition) is 2. The van der Waals surface area contributed by atoms with Gasteiger partial charge >= 0.3 is 0 Å². The minimum atomic E-state index is 0.958. The fraction of sp³-hybridized carbons (Fsp3) is 0.231. The molecule has 2 nitrogen and oxygen atoms in total. The predicted molar refractivity (Wildman–Crippen MR) is 64.1 cm³/mol. The number of nitrogens with one attached hydrogen (secondary N) is 2. The normalized spacial score (nSPS) is 12.3. The Kier molecular flexibility index (Phi) is 2.27. The molecular weight excluding hydrogens is 184 g/mol. The lowest BCUT2D eigenvalue weighted by atomic mass is 10.2. The van der Waals surface area contributed by atoms with Gasteiger partial charge in [-0.15, -0.1) is 0 Å². The van der Waals surface area contributed by atoms with E-state index in [2.05, 4.69) is 55.5 Å². The minimum absolute atomic E-state index is 0.958. The van der Waals surface area contributed by atoms with Gasteiger partial charge in [0.2, 0.25) is 0 Å². The molecule has 0 unspecified atom stereocenters. The third-order valence-corrected chi connectivity index (χ3v) is 2.59. The summed E-state index contributed by atoms with van der Waals surface area (Å²) in [5.74, 6) is 0. The maximum absolute atomic E-state index is 3.89. The first kappa shape index (κ1) is 9.84. The highest BCUT2D eigenvalue weighted by atomic mass is 14.7. The van der Waals surface area contributed by atoms with E-state index in [0.717, 1.165) is 16.4 Å². The third-order valence-electron chi connectivity index (χ3n) is 2.59. The van der Waals surface area contributed by atoms with Crippen molar-refractivity contribution in [2.24, 2.45) is 0 Å².